The highest BCUT2D eigenvalue weighted by Crippen LogP contribution is 2.10. The summed E-state index contributed by atoms with van der Waals surface area (Å²) >= 11 is 0. The number of amides is 2. The smallest absolute Gasteiger partial charge is 0.254 e. The van der Waals surface area contributed by atoms with Gasteiger partial charge >= 0.3 is 0 Å². The second-order valence-corrected chi connectivity index (χ2v) is 4.13. The van der Waals surface area contributed by atoms with E-state index in [1.165, 1.54) is 0 Å². The third-order valence-corrected chi connectivity index (χ3v) is 2.99. The SMILES string of the molecule is N#Cc1cccc(C(=O)N2CCN(C=O)CC2)c1. The van der Waals surface area contributed by atoms with Crippen molar-refractivity contribution in [3.63, 3.8) is 0 Å². The number of rotatable bonds is 2. The number of benzene rings is 1. The summed E-state index contributed by atoms with van der Waals surface area (Å²) in [5, 5.41) is 8.80. The van der Waals surface area contributed by atoms with E-state index in [-0.39, 0.29) is 5.91 Å². The zero-order valence-electron chi connectivity index (χ0n) is 9.87. The van der Waals surface area contributed by atoms with Crippen molar-refractivity contribution in [1.82, 2.24) is 9.80 Å². The van der Waals surface area contributed by atoms with Crippen molar-refractivity contribution in [3.05, 3.63) is 35.4 Å². The fourth-order valence-corrected chi connectivity index (χ4v) is 1.93. The summed E-state index contributed by atoms with van der Waals surface area (Å²) in [6.45, 7) is 2.20. The molecule has 1 aromatic carbocycles. The highest BCUT2D eigenvalue weighted by Gasteiger charge is 2.21. The van der Waals surface area contributed by atoms with Crippen LogP contribution in [0.3, 0.4) is 0 Å². The molecule has 0 bridgehead atoms. The highest BCUT2D eigenvalue weighted by molar-refractivity contribution is 5.94. The van der Waals surface area contributed by atoms with E-state index in [2.05, 4.69) is 0 Å². The molecule has 1 aliphatic rings. The first-order valence-corrected chi connectivity index (χ1v) is 5.73. The molecule has 0 N–H and O–H groups in total. The molecule has 0 radical (unpaired) electrons. The molecule has 5 heteroatoms. The maximum absolute atomic E-state index is 12.2. The van der Waals surface area contributed by atoms with Gasteiger partial charge in [0.15, 0.2) is 0 Å². The van der Waals surface area contributed by atoms with Gasteiger partial charge in [0, 0.05) is 31.7 Å². The standard InChI is InChI=1S/C13H13N3O2/c14-9-11-2-1-3-12(8-11)13(18)16-6-4-15(10-17)5-7-16/h1-3,8,10H,4-7H2. The quantitative estimate of drug-likeness (QED) is 0.709. The molecular formula is C13H13N3O2. The second kappa shape index (κ2) is 5.32. The van der Waals surface area contributed by atoms with E-state index in [1.54, 1.807) is 34.1 Å². The zero-order chi connectivity index (χ0) is 13.0. The van der Waals surface area contributed by atoms with Crippen LogP contribution in [0, 0.1) is 11.3 Å². The molecule has 1 heterocycles. The van der Waals surface area contributed by atoms with Crippen LogP contribution in [0.25, 0.3) is 0 Å². The lowest BCUT2D eigenvalue weighted by Gasteiger charge is -2.32. The second-order valence-electron chi connectivity index (χ2n) is 4.13. The Hall–Kier alpha value is -2.35. The van der Waals surface area contributed by atoms with Crippen molar-refractivity contribution in [2.24, 2.45) is 0 Å². The Bertz CT molecular complexity index is 499. The van der Waals surface area contributed by atoms with Crippen LogP contribution in [-0.2, 0) is 4.79 Å². The number of hydrogen-bond acceptors (Lipinski definition) is 3. The summed E-state index contributed by atoms with van der Waals surface area (Å²) in [4.78, 5) is 26.1. The molecule has 0 saturated carbocycles. The van der Waals surface area contributed by atoms with Crippen LogP contribution in [-0.4, -0.2) is 48.3 Å². The summed E-state index contributed by atoms with van der Waals surface area (Å²) < 4.78 is 0. The summed E-state index contributed by atoms with van der Waals surface area (Å²) in [5.74, 6) is -0.0855. The first kappa shape index (κ1) is 12.1. The van der Waals surface area contributed by atoms with Crippen LogP contribution >= 0.6 is 0 Å². The predicted molar refractivity (Wildman–Crippen MR) is 64.7 cm³/mol. The van der Waals surface area contributed by atoms with E-state index in [1.807, 2.05) is 6.07 Å². The Balaban J connectivity index is 2.08. The van der Waals surface area contributed by atoms with Gasteiger partial charge in [-0.15, -0.1) is 0 Å². The van der Waals surface area contributed by atoms with E-state index in [0.717, 1.165) is 6.41 Å². The van der Waals surface area contributed by atoms with Crippen molar-refractivity contribution in [1.29, 1.82) is 5.26 Å². The monoisotopic (exact) mass is 243 g/mol. The molecule has 18 heavy (non-hydrogen) atoms. The molecule has 5 nitrogen and oxygen atoms in total. The van der Waals surface area contributed by atoms with Gasteiger partial charge in [0.1, 0.15) is 0 Å². The molecule has 0 spiro atoms. The predicted octanol–water partition coefficient (Wildman–Crippen LogP) is 0.472. The zero-order valence-corrected chi connectivity index (χ0v) is 9.87. The molecule has 2 rings (SSSR count). The lowest BCUT2D eigenvalue weighted by molar-refractivity contribution is -0.119. The maximum atomic E-state index is 12.2. The Morgan fingerprint density at radius 2 is 2.00 bits per heavy atom. The molecule has 1 aliphatic heterocycles. The summed E-state index contributed by atoms with van der Waals surface area (Å²) in [7, 11) is 0. The molecule has 2 amide bonds. The highest BCUT2D eigenvalue weighted by atomic mass is 16.2. The van der Waals surface area contributed by atoms with E-state index in [0.29, 0.717) is 37.3 Å². The van der Waals surface area contributed by atoms with Gasteiger partial charge in [0.25, 0.3) is 5.91 Å². The normalized spacial score (nSPS) is 15.1. The van der Waals surface area contributed by atoms with Gasteiger partial charge in [-0.2, -0.15) is 5.26 Å². The van der Waals surface area contributed by atoms with Crippen LogP contribution < -0.4 is 0 Å². The molecule has 0 aliphatic carbocycles. The lowest BCUT2D eigenvalue weighted by Crippen LogP contribution is -2.48. The number of carbonyl (C=O) groups excluding carboxylic acids is 2. The maximum Gasteiger partial charge on any atom is 0.254 e. The van der Waals surface area contributed by atoms with Crippen LogP contribution in [0.5, 0.6) is 0 Å². The Morgan fingerprint density at radius 3 is 2.61 bits per heavy atom. The number of piperazine rings is 1. The van der Waals surface area contributed by atoms with Gasteiger partial charge in [-0.05, 0) is 18.2 Å². The minimum absolute atomic E-state index is 0.0855. The Morgan fingerprint density at radius 1 is 1.28 bits per heavy atom. The molecular weight excluding hydrogens is 230 g/mol. The molecule has 1 aromatic rings. The first-order valence-electron chi connectivity index (χ1n) is 5.73. The largest absolute Gasteiger partial charge is 0.342 e. The minimum atomic E-state index is -0.0855. The minimum Gasteiger partial charge on any atom is -0.342 e. The third kappa shape index (κ3) is 2.48. The third-order valence-electron chi connectivity index (χ3n) is 2.99. The summed E-state index contributed by atoms with van der Waals surface area (Å²) in [6, 6.07) is 8.68. The van der Waals surface area contributed by atoms with E-state index in [9.17, 15) is 9.59 Å². The Kier molecular flexibility index (Phi) is 3.58. The van der Waals surface area contributed by atoms with Gasteiger partial charge in [-0.3, -0.25) is 9.59 Å². The molecule has 0 aromatic heterocycles. The average molecular weight is 243 g/mol. The van der Waals surface area contributed by atoms with Crippen molar-refractivity contribution < 1.29 is 9.59 Å². The van der Waals surface area contributed by atoms with Gasteiger partial charge in [-0.25, -0.2) is 0 Å². The number of nitriles is 1. The molecule has 1 saturated heterocycles. The van der Waals surface area contributed by atoms with Gasteiger partial charge < -0.3 is 9.80 Å². The fourth-order valence-electron chi connectivity index (χ4n) is 1.93. The topological polar surface area (TPSA) is 64.4 Å². The fraction of sp³-hybridized carbons (Fsp3) is 0.308. The van der Waals surface area contributed by atoms with Crippen LogP contribution in [0.1, 0.15) is 15.9 Å². The number of hydrogen-bond donors (Lipinski definition) is 0. The first-order chi connectivity index (χ1) is 8.74. The van der Waals surface area contributed by atoms with Crippen LogP contribution in [0.15, 0.2) is 24.3 Å². The summed E-state index contributed by atoms with van der Waals surface area (Å²) in [6.07, 6.45) is 0.804. The number of nitrogens with zero attached hydrogens (tertiary/aromatic N) is 3. The van der Waals surface area contributed by atoms with Crippen molar-refractivity contribution in [3.8, 4) is 6.07 Å². The molecule has 1 fully saturated rings. The lowest BCUT2D eigenvalue weighted by atomic mass is 10.1. The van der Waals surface area contributed by atoms with E-state index in [4.69, 9.17) is 5.26 Å². The van der Waals surface area contributed by atoms with Crippen LogP contribution in [0.2, 0.25) is 0 Å². The van der Waals surface area contributed by atoms with Crippen LogP contribution in [0.4, 0.5) is 0 Å². The van der Waals surface area contributed by atoms with Gasteiger partial charge in [-0.1, -0.05) is 6.07 Å². The molecule has 92 valence electrons. The average Bonchev–Trinajstić information content (AvgIpc) is 2.46. The van der Waals surface area contributed by atoms with Gasteiger partial charge in [0.05, 0.1) is 11.6 Å². The van der Waals surface area contributed by atoms with Crippen molar-refractivity contribution in [2.75, 3.05) is 26.2 Å². The molecule has 0 atom stereocenters. The number of carbonyl (C=O) groups is 2. The van der Waals surface area contributed by atoms with Crippen molar-refractivity contribution >= 4 is 12.3 Å². The summed E-state index contributed by atoms with van der Waals surface area (Å²) in [5.41, 5.74) is 1.00. The van der Waals surface area contributed by atoms with Crippen molar-refractivity contribution in [2.45, 2.75) is 0 Å². The van der Waals surface area contributed by atoms with E-state index >= 15 is 0 Å². The van der Waals surface area contributed by atoms with E-state index < -0.39 is 0 Å². The Labute approximate surface area is 105 Å². The molecule has 0 unspecified atom stereocenters. The van der Waals surface area contributed by atoms with Gasteiger partial charge in [0.2, 0.25) is 6.41 Å².